The van der Waals surface area contributed by atoms with E-state index in [1.807, 2.05) is 30.3 Å². The fraction of sp³-hybridized carbons (Fsp3) is 0.316. The molecule has 3 unspecified atom stereocenters. The van der Waals surface area contributed by atoms with Gasteiger partial charge in [0, 0.05) is 31.5 Å². The highest BCUT2D eigenvalue weighted by atomic mass is 32.2. The van der Waals surface area contributed by atoms with Gasteiger partial charge in [0.1, 0.15) is 0 Å². The molecule has 1 aliphatic carbocycles. The van der Waals surface area contributed by atoms with Crippen LogP contribution in [-0.4, -0.2) is 55.2 Å². The number of hydroxylamine groups is 2. The zero-order valence-corrected chi connectivity index (χ0v) is 15.3. The van der Waals surface area contributed by atoms with Gasteiger partial charge in [-0.05, 0) is 40.8 Å². The highest BCUT2D eigenvalue weighted by molar-refractivity contribution is 7.89. The number of sulfonamides is 1. The molecule has 3 aliphatic rings. The van der Waals surface area contributed by atoms with E-state index in [0.717, 1.165) is 15.8 Å². The Balaban J connectivity index is 1.27. The number of rotatable bonds is 4. The molecule has 2 aromatic rings. The number of nitrogens with one attached hydrogen (secondary N) is 1. The lowest BCUT2D eigenvalue weighted by Gasteiger charge is -2.32. The molecule has 140 valence electrons. The van der Waals surface area contributed by atoms with Gasteiger partial charge in [-0.15, -0.1) is 0 Å². The molecule has 0 amide bonds. The minimum atomic E-state index is -3.55. The molecule has 3 atom stereocenters. The first-order chi connectivity index (χ1) is 13.0. The lowest BCUT2D eigenvalue weighted by molar-refractivity contribution is -0.127. The third-order valence-corrected chi connectivity index (χ3v) is 7.11. The fourth-order valence-corrected chi connectivity index (χ4v) is 5.54. The highest BCUT2D eigenvalue weighted by Crippen LogP contribution is 2.47. The topological polar surface area (TPSA) is 85.2 Å². The van der Waals surface area contributed by atoms with Crippen molar-refractivity contribution in [2.45, 2.75) is 17.2 Å². The predicted octanol–water partition coefficient (Wildman–Crippen LogP) is 1.62. The van der Waals surface area contributed by atoms with E-state index >= 15 is 0 Å². The van der Waals surface area contributed by atoms with Gasteiger partial charge < -0.3 is 0 Å². The number of hydrogen-bond acceptors (Lipinski definition) is 6. The van der Waals surface area contributed by atoms with Gasteiger partial charge in [0.15, 0.2) is 0 Å². The molecule has 0 aromatic heterocycles. The molecular weight excluding hydrogens is 364 g/mol. The average molecular weight is 384 g/mol. The van der Waals surface area contributed by atoms with Crippen molar-refractivity contribution in [3.05, 3.63) is 54.7 Å². The van der Waals surface area contributed by atoms with Crippen molar-refractivity contribution >= 4 is 27.0 Å². The minimum absolute atomic E-state index is 0.0482. The smallest absolute Gasteiger partial charge is 0.240 e. The Labute approximate surface area is 157 Å². The van der Waals surface area contributed by atoms with Crippen LogP contribution in [0.15, 0.2) is 64.6 Å². The summed E-state index contributed by atoms with van der Waals surface area (Å²) in [4.78, 5) is 6.64. The Morgan fingerprint density at radius 3 is 2.56 bits per heavy atom. The molecule has 2 heterocycles. The van der Waals surface area contributed by atoms with E-state index < -0.39 is 16.3 Å². The number of nitrogens with zero attached hydrogens (tertiary/aromatic N) is 3. The van der Waals surface area contributed by atoms with Crippen LogP contribution in [0.5, 0.6) is 0 Å². The number of benzene rings is 2. The lowest BCUT2D eigenvalue weighted by Crippen LogP contribution is -2.46. The van der Waals surface area contributed by atoms with Crippen molar-refractivity contribution in [1.82, 2.24) is 14.7 Å². The van der Waals surface area contributed by atoms with Gasteiger partial charge in [-0.1, -0.05) is 30.3 Å². The Bertz CT molecular complexity index is 1040. The first kappa shape index (κ1) is 16.9. The van der Waals surface area contributed by atoms with Crippen LogP contribution in [0.4, 0.5) is 0 Å². The van der Waals surface area contributed by atoms with Crippen molar-refractivity contribution in [2.24, 2.45) is 16.8 Å². The normalized spacial score (nSPS) is 30.0. The zero-order valence-electron chi connectivity index (χ0n) is 14.5. The molecule has 0 spiro atoms. The Morgan fingerprint density at radius 2 is 1.81 bits per heavy atom. The zero-order chi connectivity index (χ0) is 18.6. The summed E-state index contributed by atoms with van der Waals surface area (Å²) in [7, 11) is -3.55. The molecule has 27 heavy (non-hydrogen) atoms. The van der Waals surface area contributed by atoms with Crippen LogP contribution in [0.1, 0.15) is 0 Å². The van der Waals surface area contributed by atoms with Gasteiger partial charge in [-0.3, -0.25) is 15.1 Å². The Kier molecular flexibility index (Phi) is 3.83. The average Bonchev–Trinajstić information content (AvgIpc) is 3.10. The maximum absolute atomic E-state index is 12.8. The molecule has 7 nitrogen and oxygen atoms in total. The van der Waals surface area contributed by atoms with Crippen molar-refractivity contribution < 1.29 is 13.6 Å². The standard InChI is InChI=1S/C19H20N4O3S/c24-23-9-3-8-20-19(23)22-11-16-17(12-22)18(16)21-27(25,26)15-7-6-13-4-1-2-5-14(13)10-15/h1-10,16-19,21,24H,11-12H2. The van der Waals surface area contributed by atoms with Crippen molar-refractivity contribution in [3.63, 3.8) is 0 Å². The number of hydrogen-bond donors (Lipinski definition) is 2. The van der Waals surface area contributed by atoms with Crippen molar-refractivity contribution in [3.8, 4) is 0 Å². The monoisotopic (exact) mass is 384 g/mol. The van der Waals surface area contributed by atoms with E-state index in [0.29, 0.717) is 18.0 Å². The van der Waals surface area contributed by atoms with Crippen LogP contribution >= 0.6 is 0 Å². The summed E-state index contributed by atoms with van der Waals surface area (Å²) < 4.78 is 28.4. The molecule has 0 radical (unpaired) electrons. The van der Waals surface area contributed by atoms with Crippen LogP contribution < -0.4 is 4.72 Å². The highest BCUT2D eigenvalue weighted by Gasteiger charge is 2.58. The molecule has 2 aromatic carbocycles. The molecule has 1 saturated carbocycles. The fourth-order valence-electron chi connectivity index (χ4n) is 4.16. The van der Waals surface area contributed by atoms with Crippen molar-refractivity contribution in [1.29, 1.82) is 0 Å². The van der Waals surface area contributed by atoms with E-state index in [2.05, 4.69) is 14.6 Å². The summed E-state index contributed by atoms with van der Waals surface area (Å²) in [6.45, 7) is 1.42. The predicted molar refractivity (Wildman–Crippen MR) is 102 cm³/mol. The number of fused-ring (bicyclic) bond motifs is 2. The van der Waals surface area contributed by atoms with Crippen LogP contribution in [0.2, 0.25) is 0 Å². The first-order valence-electron chi connectivity index (χ1n) is 8.95. The summed E-state index contributed by atoms with van der Waals surface area (Å²) >= 11 is 0. The summed E-state index contributed by atoms with van der Waals surface area (Å²) in [6.07, 6.45) is 4.50. The summed E-state index contributed by atoms with van der Waals surface area (Å²) in [5, 5.41) is 12.9. The van der Waals surface area contributed by atoms with E-state index in [-0.39, 0.29) is 17.9 Å². The van der Waals surface area contributed by atoms with E-state index in [1.54, 1.807) is 30.6 Å². The van der Waals surface area contributed by atoms with Gasteiger partial charge >= 0.3 is 0 Å². The lowest BCUT2D eigenvalue weighted by atomic mass is 10.1. The second-order valence-electron chi connectivity index (χ2n) is 7.30. The number of piperidine rings is 1. The van der Waals surface area contributed by atoms with Crippen LogP contribution in [0.3, 0.4) is 0 Å². The second kappa shape index (κ2) is 6.13. The number of aliphatic imine (C=N–C) groups is 1. The number of allylic oxidation sites excluding steroid dienone is 1. The van der Waals surface area contributed by atoms with Crippen LogP contribution in [0.25, 0.3) is 10.8 Å². The van der Waals surface area contributed by atoms with E-state index in [4.69, 9.17) is 0 Å². The first-order valence-corrected chi connectivity index (χ1v) is 10.4. The third kappa shape index (κ3) is 2.94. The molecular formula is C19H20N4O3S. The number of likely N-dealkylation sites (tertiary alicyclic amines) is 1. The maximum atomic E-state index is 12.8. The molecule has 5 rings (SSSR count). The van der Waals surface area contributed by atoms with E-state index in [1.165, 1.54) is 0 Å². The van der Waals surface area contributed by atoms with Gasteiger partial charge in [0.25, 0.3) is 0 Å². The van der Waals surface area contributed by atoms with Gasteiger partial charge in [0.05, 0.1) is 4.90 Å². The summed E-state index contributed by atoms with van der Waals surface area (Å²) in [5.41, 5.74) is 0. The third-order valence-electron chi connectivity index (χ3n) is 5.65. The van der Waals surface area contributed by atoms with Gasteiger partial charge in [-0.2, -0.15) is 0 Å². The molecule has 0 bridgehead atoms. The second-order valence-corrected chi connectivity index (χ2v) is 9.02. The molecule has 2 fully saturated rings. The van der Waals surface area contributed by atoms with Gasteiger partial charge in [0.2, 0.25) is 16.3 Å². The molecule has 2 aliphatic heterocycles. The summed E-state index contributed by atoms with van der Waals surface area (Å²) in [5.74, 6) is 0.518. The largest absolute Gasteiger partial charge is 0.286 e. The van der Waals surface area contributed by atoms with Crippen LogP contribution in [0, 0.1) is 11.8 Å². The molecule has 1 saturated heterocycles. The molecule has 2 N–H and O–H groups in total. The minimum Gasteiger partial charge on any atom is -0.286 e. The van der Waals surface area contributed by atoms with Gasteiger partial charge in [-0.25, -0.2) is 18.2 Å². The SMILES string of the molecule is O=S(=O)(NC1C2CN(C3N=CC=CN3O)CC21)c1ccc2ccccc2c1. The Hall–Kier alpha value is -2.26. The van der Waals surface area contributed by atoms with Crippen LogP contribution in [-0.2, 0) is 10.0 Å². The van der Waals surface area contributed by atoms with E-state index in [9.17, 15) is 13.6 Å². The maximum Gasteiger partial charge on any atom is 0.240 e. The molecule has 8 heteroatoms. The van der Waals surface area contributed by atoms with Crippen molar-refractivity contribution in [2.75, 3.05) is 13.1 Å². The quantitative estimate of drug-likeness (QED) is 0.837. The summed E-state index contributed by atoms with van der Waals surface area (Å²) in [6, 6.07) is 12.9. The Morgan fingerprint density at radius 1 is 1.07 bits per heavy atom.